The molecule has 4 N–H and O–H groups in total. The summed E-state index contributed by atoms with van der Waals surface area (Å²) in [5.74, 6) is 0. The van der Waals surface area contributed by atoms with E-state index in [-0.39, 0.29) is 6.04 Å². The molecule has 1 aromatic rings. The summed E-state index contributed by atoms with van der Waals surface area (Å²) in [6.07, 6.45) is 0.784. The summed E-state index contributed by atoms with van der Waals surface area (Å²) in [7, 11) is 0. The van der Waals surface area contributed by atoms with Crippen LogP contribution in [0.25, 0.3) is 5.57 Å². The van der Waals surface area contributed by atoms with E-state index < -0.39 is 0 Å². The predicted octanol–water partition coefficient (Wildman–Crippen LogP) is 3.66. The summed E-state index contributed by atoms with van der Waals surface area (Å²) in [6.45, 7) is 12.2. The van der Waals surface area contributed by atoms with Crippen molar-refractivity contribution in [3.05, 3.63) is 47.1 Å². The van der Waals surface area contributed by atoms with Gasteiger partial charge in [-0.3, -0.25) is 0 Å². The van der Waals surface area contributed by atoms with Gasteiger partial charge in [0.25, 0.3) is 0 Å². The van der Waals surface area contributed by atoms with Crippen LogP contribution in [0.1, 0.15) is 38.3 Å². The number of anilines is 1. The first-order valence-electron chi connectivity index (χ1n) is 6.27. The van der Waals surface area contributed by atoms with Crippen molar-refractivity contribution < 1.29 is 0 Å². The number of nitrogen functional groups attached to an aromatic ring is 1. The molecule has 1 aromatic carbocycles. The van der Waals surface area contributed by atoms with Crippen LogP contribution < -0.4 is 11.5 Å². The lowest BCUT2D eigenvalue weighted by Crippen LogP contribution is -2.21. The van der Waals surface area contributed by atoms with Crippen LogP contribution in [0.2, 0.25) is 0 Å². The Labute approximate surface area is 110 Å². The Kier molecular flexibility index (Phi) is 4.74. The first-order valence-corrected chi connectivity index (χ1v) is 6.27. The maximum atomic E-state index is 6.12. The monoisotopic (exact) mass is 244 g/mol. The van der Waals surface area contributed by atoms with Gasteiger partial charge in [-0.25, -0.2) is 0 Å². The molecule has 2 nitrogen and oxygen atoms in total. The van der Waals surface area contributed by atoms with Gasteiger partial charge in [-0.15, -0.1) is 0 Å². The zero-order valence-electron chi connectivity index (χ0n) is 11.9. The molecule has 1 rings (SSSR count). The van der Waals surface area contributed by atoms with Crippen LogP contribution in [0.4, 0.5) is 5.69 Å². The van der Waals surface area contributed by atoms with E-state index in [1.54, 1.807) is 0 Å². The fraction of sp³-hybridized carbons (Fsp3) is 0.375. The highest BCUT2D eigenvalue weighted by Gasteiger charge is 2.14. The third-order valence-electron chi connectivity index (χ3n) is 3.27. The SMILES string of the molecule is C=C(C)C(N)CC(=C(C)C)c1c(C)cccc1N. The molecule has 0 aliphatic heterocycles. The highest BCUT2D eigenvalue weighted by atomic mass is 14.6. The van der Waals surface area contributed by atoms with E-state index in [2.05, 4.69) is 33.4 Å². The molecule has 1 unspecified atom stereocenters. The van der Waals surface area contributed by atoms with Crippen molar-refractivity contribution in [2.75, 3.05) is 5.73 Å². The van der Waals surface area contributed by atoms with Crippen molar-refractivity contribution in [2.45, 2.75) is 40.2 Å². The van der Waals surface area contributed by atoms with E-state index in [9.17, 15) is 0 Å². The summed E-state index contributed by atoms with van der Waals surface area (Å²) < 4.78 is 0. The zero-order valence-corrected chi connectivity index (χ0v) is 11.9. The summed E-state index contributed by atoms with van der Waals surface area (Å²) in [5, 5.41) is 0. The number of allylic oxidation sites excluding steroid dienone is 1. The van der Waals surface area contributed by atoms with Crippen LogP contribution in [0, 0.1) is 6.92 Å². The molecule has 0 heterocycles. The quantitative estimate of drug-likeness (QED) is 0.627. The van der Waals surface area contributed by atoms with E-state index in [4.69, 9.17) is 11.5 Å². The molecule has 0 fully saturated rings. The Hall–Kier alpha value is -1.54. The number of aryl methyl sites for hydroxylation is 1. The molecule has 0 saturated carbocycles. The molecular weight excluding hydrogens is 220 g/mol. The molecule has 0 aliphatic carbocycles. The minimum atomic E-state index is -0.0195. The third kappa shape index (κ3) is 3.23. The molecule has 18 heavy (non-hydrogen) atoms. The van der Waals surface area contributed by atoms with Gasteiger partial charge in [0.1, 0.15) is 0 Å². The van der Waals surface area contributed by atoms with Crippen molar-refractivity contribution in [2.24, 2.45) is 5.73 Å². The second-order valence-electron chi connectivity index (χ2n) is 5.17. The van der Waals surface area contributed by atoms with Gasteiger partial charge in [0, 0.05) is 17.3 Å². The van der Waals surface area contributed by atoms with E-state index in [1.807, 2.05) is 19.1 Å². The molecule has 0 bridgehead atoms. The van der Waals surface area contributed by atoms with Crippen molar-refractivity contribution in [3.8, 4) is 0 Å². The van der Waals surface area contributed by atoms with E-state index in [0.29, 0.717) is 0 Å². The van der Waals surface area contributed by atoms with Crippen LogP contribution in [0.5, 0.6) is 0 Å². The molecule has 0 aromatic heterocycles. The van der Waals surface area contributed by atoms with Crippen molar-refractivity contribution in [1.29, 1.82) is 0 Å². The third-order valence-corrected chi connectivity index (χ3v) is 3.27. The van der Waals surface area contributed by atoms with Gasteiger partial charge < -0.3 is 11.5 Å². The second kappa shape index (κ2) is 5.87. The van der Waals surface area contributed by atoms with Gasteiger partial charge in [-0.2, -0.15) is 0 Å². The molecule has 0 saturated heterocycles. The summed E-state index contributed by atoms with van der Waals surface area (Å²) in [5.41, 5.74) is 18.9. The normalized spacial score (nSPS) is 12.1. The van der Waals surface area contributed by atoms with Crippen LogP contribution in [0.15, 0.2) is 35.9 Å². The minimum absolute atomic E-state index is 0.0195. The fourth-order valence-electron chi connectivity index (χ4n) is 2.05. The standard InChI is InChI=1S/C16H24N2/c1-10(2)13(9-15(18)11(3)4)16-12(5)7-6-8-14(16)17/h6-8,15H,3,9,17-18H2,1-2,4-5H3. The Bertz CT molecular complexity index is 460. The number of hydrogen-bond acceptors (Lipinski definition) is 2. The minimum Gasteiger partial charge on any atom is -0.398 e. The van der Waals surface area contributed by atoms with Gasteiger partial charge in [-0.1, -0.05) is 29.9 Å². The van der Waals surface area contributed by atoms with E-state index in [1.165, 1.54) is 16.7 Å². The summed E-state index contributed by atoms with van der Waals surface area (Å²) in [6, 6.07) is 5.99. The van der Waals surface area contributed by atoms with E-state index >= 15 is 0 Å². The average Bonchev–Trinajstić information content (AvgIpc) is 2.26. The van der Waals surface area contributed by atoms with Crippen molar-refractivity contribution >= 4 is 11.3 Å². The van der Waals surface area contributed by atoms with Gasteiger partial charge >= 0.3 is 0 Å². The van der Waals surface area contributed by atoms with Crippen LogP contribution in [-0.4, -0.2) is 6.04 Å². The molecule has 2 heteroatoms. The Balaban J connectivity index is 3.24. The molecule has 0 radical (unpaired) electrons. The lowest BCUT2D eigenvalue weighted by atomic mass is 9.89. The largest absolute Gasteiger partial charge is 0.398 e. The second-order valence-corrected chi connectivity index (χ2v) is 5.17. The van der Waals surface area contributed by atoms with Gasteiger partial charge in [0.05, 0.1) is 0 Å². The first kappa shape index (κ1) is 14.5. The lowest BCUT2D eigenvalue weighted by Gasteiger charge is -2.19. The first-order chi connectivity index (χ1) is 8.34. The maximum absolute atomic E-state index is 6.12. The number of rotatable bonds is 4. The van der Waals surface area contributed by atoms with Gasteiger partial charge in [0.2, 0.25) is 0 Å². The number of nitrogens with two attached hydrogens (primary N) is 2. The van der Waals surface area contributed by atoms with Crippen LogP contribution in [-0.2, 0) is 0 Å². The average molecular weight is 244 g/mol. The number of benzene rings is 1. The van der Waals surface area contributed by atoms with E-state index in [0.717, 1.165) is 23.2 Å². The summed E-state index contributed by atoms with van der Waals surface area (Å²) in [4.78, 5) is 0. The highest BCUT2D eigenvalue weighted by molar-refractivity contribution is 5.79. The molecule has 0 amide bonds. The number of hydrogen-bond donors (Lipinski definition) is 2. The molecule has 0 spiro atoms. The Morgan fingerprint density at radius 2 is 1.89 bits per heavy atom. The highest BCUT2D eigenvalue weighted by Crippen LogP contribution is 2.31. The maximum Gasteiger partial charge on any atom is 0.0393 e. The summed E-state index contributed by atoms with van der Waals surface area (Å²) >= 11 is 0. The molecule has 1 atom stereocenters. The lowest BCUT2D eigenvalue weighted by molar-refractivity contribution is 0.794. The molecule has 98 valence electrons. The predicted molar refractivity (Wildman–Crippen MR) is 81.3 cm³/mol. The van der Waals surface area contributed by atoms with Gasteiger partial charge in [-0.05, 0) is 51.3 Å². The molecular formula is C16H24N2. The van der Waals surface area contributed by atoms with Crippen LogP contribution in [0.3, 0.4) is 0 Å². The topological polar surface area (TPSA) is 52.0 Å². The van der Waals surface area contributed by atoms with Crippen molar-refractivity contribution in [1.82, 2.24) is 0 Å². The smallest absolute Gasteiger partial charge is 0.0393 e. The zero-order chi connectivity index (χ0) is 13.9. The van der Waals surface area contributed by atoms with Crippen LogP contribution >= 0.6 is 0 Å². The molecule has 0 aliphatic rings. The fourth-order valence-corrected chi connectivity index (χ4v) is 2.05. The van der Waals surface area contributed by atoms with Crippen molar-refractivity contribution in [3.63, 3.8) is 0 Å². The Morgan fingerprint density at radius 3 is 2.33 bits per heavy atom. The van der Waals surface area contributed by atoms with Gasteiger partial charge in [0.15, 0.2) is 0 Å². The Morgan fingerprint density at radius 1 is 1.28 bits per heavy atom.